The molecule has 0 saturated heterocycles. The van der Waals surface area contributed by atoms with Crippen LogP contribution in [0.4, 0.5) is 0 Å². The molecule has 0 aliphatic rings. The topological polar surface area (TPSA) is 87.4 Å². The van der Waals surface area contributed by atoms with Crippen LogP contribution >= 0.6 is 15.9 Å². The summed E-state index contributed by atoms with van der Waals surface area (Å²) in [7, 11) is 0. The third-order valence-electron chi connectivity index (χ3n) is 2.66. The van der Waals surface area contributed by atoms with Gasteiger partial charge in [0.05, 0.1) is 12.2 Å². The van der Waals surface area contributed by atoms with Crippen molar-refractivity contribution in [3.8, 4) is 11.6 Å². The monoisotopic (exact) mass is 349 g/mol. The summed E-state index contributed by atoms with van der Waals surface area (Å²) >= 11 is 3.28. The zero-order valence-electron chi connectivity index (χ0n) is 10.9. The maximum atomic E-state index is 11.9. The van der Waals surface area contributed by atoms with Gasteiger partial charge in [-0.15, -0.1) is 6.58 Å². The quantitative estimate of drug-likeness (QED) is 0.649. The molecule has 2 aromatic rings. The Balaban J connectivity index is 2.64. The van der Waals surface area contributed by atoms with E-state index in [-0.39, 0.29) is 5.56 Å². The minimum atomic E-state index is -0.722. The van der Waals surface area contributed by atoms with Crippen LogP contribution in [0.3, 0.4) is 0 Å². The van der Waals surface area contributed by atoms with Gasteiger partial charge in [-0.3, -0.25) is 14.8 Å². The third kappa shape index (κ3) is 3.19. The van der Waals surface area contributed by atoms with Crippen LogP contribution in [-0.4, -0.2) is 27.4 Å². The first-order valence-corrected chi connectivity index (χ1v) is 6.79. The summed E-state index contributed by atoms with van der Waals surface area (Å²) in [4.78, 5) is 29.7. The summed E-state index contributed by atoms with van der Waals surface area (Å²) in [6.45, 7) is 3.80. The normalized spacial score (nSPS) is 10.9. The summed E-state index contributed by atoms with van der Waals surface area (Å²) in [6, 6.07) is 6.71. The van der Waals surface area contributed by atoms with Gasteiger partial charge >= 0.3 is 5.69 Å². The van der Waals surface area contributed by atoms with Gasteiger partial charge in [0.15, 0.2) is 0 Å². The number of benzene rings is 1. The molecule has 2 N–H and O–H groups in total. The van der Waals surface area contributed by atoms with E-state index in [1.54, 1.807) is 30.3 Å². The second-order valence-electron chi connectivity index (χ2n) is 4.09. The summed E-state index contributed by atoms with van der Waals surface area (Å²) < 4.78 is 1.83. The largest absolute Gasteiger partial charge is 0.493 e. The van der Waals surface area contributed by atoms with E-state index in [1.165, 1.54) is 6.21 Å². The van der Waals surface area contributed by atoms with Crippen LogP contribution in [0.15, 0.2) is 56.0 Å². The van der Waals surface area contributed by atoms with Gasteiger partial charge < -0.3 is 5.11 Å². The lowest BCUT2D eigenvalue weighted by atomic mass is 10.3. The average Bonchev–Trinajstić information content (AvgIpc) is 2.44. The molecule has 0 atom stereocenters. The Morgan fingerprint density at radius 2 is 2.00 bits per heavy atom. The standard InChI is InChI=1S/C14H12BrN3O3/c1-2-7-16-8-11-12(19)17-14(21)18(13(11)20)10-5-3-9(15)4-6-10/h2-6,8,20H,1,7H2,(H,17,19,21). The second-order valence-corrected chi connectivity index (χ2v) is 5.01. The first-order valence-electron chi connectivity index (χ1n) is 5.99. The van der Waals surface area contributed by atoms with Gasteiger partial charge in [0.25, 0.3) is 5.56 Å². The first kappa shape index (κ1) is 15.0. The molecule has 21 heavy (non-hydrogen) atoms. The molecule has 0 radical (unpaired) electrons. The van der Waals surface area contributed by atoms with E-state index in [1.807, 2.05) is 0 Å². The van der Waals surface area contributed by atoms with Crippen LogP contribution in [0.25, 0.3) is 5.69 Å². The van der Waals surface area contributed by atoms with Crippen molar-refractivity contribution in [3.63, 3.8) is 0 Å². The van der Waals surface area contributed by atoms with Crippen LogP contribution in [0, 0.1) is 0 Å². The SMILES string of the molecule is C=CCN=Cc1c(O)n(-c2ccc(Br)cc2)c(=O)[nH]c1=O. The van der Waals surface area contributed by atoms with Gasteiger partial charge in [-0.25, -0.2) is 9.36 Å². The Morgan fingerprint density at radius 1 is 1.33 bits per heavy atom. The van der Waals surface area contributed by atoms with Crippen molar-refractivity contribution in [1.29, 1.82) is 0 Å². The smallest absolute Gasteiger partial charge is 0.335 e. The number of aromatic amines is 1. The van der Waals surface area contributed by atoms with Crippen molar-refractivity contribution in [2.75, 3.05) is 6.54 Å². The molecule has 6 nitrogen and oxygen atoms in total. The lowest BCUT2D eigenvalue weighted by Crippen LogP contribution is -2.31. The molecule has 0 unspecified atom stereocenters. The number of hydrogen-bond acceptors (Lipinski definition) is 4. The fraction of sp³-hybridized carbons (Fsp3) is 0.0714. The summed E-state index contributed by atoms with van der Waals surface area (Å²) in [5.74, 6) is -0.459. The van der Waals surface area contributed by atoms with Gasteiger partial charge in [-0.05, 0) is 24.3 Å². The van der Waals surface area contributed by atoms with Gasteiger partial charge in [0, 0.05) is 10.7 Å². The predicted octanol–water partition coefficient (Wildman–Crippen LogP) is 1.60. The van der Waals surface area contributed by atoms with Gasteiger partial charge in [-0.2, -0.15) is 0 Å². The number of nitrogens with one attached hydrogen (secondary N) is 1. The molecular weight excluding hydrogens is 338 g/mol. The molecule has 2 rings (SSSR count). The van der Waals surface area contributed by atoms with Crippen LogP contribution in [0.2, 0.25) is 0 Å². The number of nitrogens with zero attached hydrogens (tertiary/aromatic N) is 2. The highest BCUT2D eigenvalue weighted by molar-refractivity contribution is 9.10. The Kier molecular flexibility index (Phi) is 4.54. The third-order valence-corrected chi connectivity index (χ3v) is 3.19. The maximum Gasteiger partial charge on any atom is 0.335 e. The average molecular weight is 350 g/mol. The van der Waals surface area contributed by atoms with Crippen molar-refractivity contribution < 1.29 is 5.11 Å². The minimum absolute atomic E-state index is 0.0839. The molecule has 1 aromatic heterocycles. The van der Waals surface area contributed by atoms with Crippen molar-refractivity contribution in [1.82, 2.24) is 9.55 Å². The molecule has 1 heterocycles. The van der Waals surface area contributed by atoms with Crippen molar-refractivity contribution in [3.05, 3.63) is 67.8 Å². The highest BCUT2D eigenvalue weighted by Gasteiger charge is 2.13. The minimum Gasteiger partial charge on any atom is -0.493 e. The summed E-state index contributed by atoms with van der Waals surface area (Å²) in [6.07, 6.45) is 2.76. The summed E-state index contributed by atoms with van der Waals surface area (Å²) in [5.41, 5.74) is -1.07. The molecule has 0 aliphatic carbocycles. The van der Waals surface area contributed by atoms with Crippen molar-refractivity contribution in [2.45, 2.75) is 0 Å². The first-order chi connectivity index (χ1) is 10.0. The fourth-order valence-electron chi connectivity index (χ4n) is 1.70. The fourth-order valence-corrected chi connectivity index (χ4v) is 1.97. The molecular formula is C14H12BrN3O3. The Morgan fingerprint density at radius 3 is 2.62 bits per heavy atom. The van der Waals surface area contributed by atoms with Crippen LogP contribution < -0.4 is 11.2 Å². The molecule has 0 spiro atoms. The highest BCUT2D eigenvalue weighted by atomic mass is 79.9. The lowest BCUT2D eigenvalue weighted by Gasteiger charge is -2.09. The van der Waals surface area contributed by atoms with E-state index in [2.05, 4.69) is 32.5 Å². The number of rotatable bonds is 4. The van der Waals surface area contributed by atoms with Gasteiger partial charge in [-0.1, -0.05) is 22.0 Å². The van der Waals surface area contributed by atoms with E-state index in [4.69, 9.17) is 0 Å². The number of aromatic nitrogens is 2. The maximum absolute atomic E-state index is 11.9. The number of halogens is 1. The number of aromatic hydroxyl groups is 1. The summed E-state index contributed by atoms with van der Waals surface area (Å²) in [5, 5.41) is 10.2. The van der Waals surface area contributed by atoms with Crippen molar-refractivity contribution >= 4 is 22.1 Å². The van der Waals surface area contributed by atoms with E-state index < -0.39 is 17.1 Å². The molecule has 0 bridgehead atoms. The van der Waals surface area contributed by atoms with Crippen LogP contribution in [0.5, 0.6) is 5.88 Å². The van der Waals surface area contributed by atoms with E-state index >= 15 is 0 Å². The molecule has 1 aromatic carbocycles. The molecule has 108 valence electrons. The zero-order chi connectivity index (χ0) is 15.4. The predicted molar refractivity (Wildman–Crippen MR) is 84.7 cm³/mol. The molecule has 0 aliphatic heterocycles. The molecule has 0 fully saturated rings. The molecule has 0 amide bonds. The van der Waals surface area contributed by atoms with Gasteiger partial charge in [0.1, 0.15) is 5.56 Å². The highest BCUT2D eigenvalue weighted by Crippen LogP contribution is 2.17. The number of hydrogen-bond donors (Lipinski definition) is 2. The number of aliphatic imine (C=N–C) groups is 1. The van der Waals surface area contributed by atoms with Crippen molar-refractivity contribution in [2.24, 2.45) is 4.99 Å². The Bertz CT molecular complexity index is 804. The Labute approximate surface area is 128 Å². The second kappa shape index (κ2) is 6.36. The van der Waals surface area contributed by atoms with Crippen LogP contribution in [-0.2, 0) is 0 Å². The zero-order valence-corrected chi connectivity index (χ0v) is 12.5. The van der Waals surface area contributed by atoms with E-state index in [9.17, 15) is 14.7 Å². The Hall–Kier alpha value is -2.41. The number of H-pyrrole nitrogens is 1. The van der Waals surface area contributed by atoms with Crippen LogP contribution in [0.1, 0.15) is 5.56 Å². The molecule has 7 heteroatoms. The van der Waals surface area contributed by atoms with Gasteiger partial charge in [0.2, 0.25) is 5.88 Å². The lowest BCUT2D eigenvalue weighted by molar-refractivity contribution is 0.430. The van der Waals surface area contributed by atoms with E-state index in [0.29, 0.717) is 12.2 Å². The molecule has 0 saturated carbocycles. The van der Waals surface area contributed by atoms with E-state index in [0.717, 1.165) is 9.04 Å².